The topological polar surface area (TPSA) is 94.4 Å². The van der Waals surface area contributed by atoms with E-state index in [2.05, 4.69) is 10.1 Å². The molecule has 0 atom stereocenters. The molecule has 1 fully saturated rings. The van der Waals surface area contributed by atoms with Gasteiger partial charge in [-0.05, 0) is 12.1 Å². The number of halogens is 2. The summed E-state index contributed by atoms with van der Waals surface area (Å²) in [5.41, 5.74) is 0.0693. The van der Waals surface area contributed by atoms with Crippen LogP contribution in [0.5, 0.6) is 0 Å². The van der Waals surface area contributed by atoms with Crippen LogP contribution in [0, 0.1) is 0 Å². The Morgan fingerprint density at radius 3 is 2.83 bits per heavy atom. The summed E-state index contributed by atoms with van der Waals surface area (Å²) in [6.07, 6.45) is 1.50. The van der Waals surface area contributed by atoms with Gasteiger partial charge in [0.1, 0.15) is 5.69 Å². The summed E-state index contributed by atoms with van der Waals surface area (Å²) < 4.78 is 24.5. The largest absolute Gasteiger partial charge is 0.296 e. The molecule has 0 saturated carbocycles. The molecule has 128 valence electrons. The van der Waals surface area contributed by atoms with Crippen LogP contribution in [0.25, 0.3) is 5.82 Å². The number of sulfone groups is 1. The van der Waals surface area contributed by atoms with Gasteiger partial charge in [0.2, 0.25) is 0 Å². The molecule has 0 unspecified atom stereocenters. The maximum Gasteiger partial charge on any atom is 0.296 e. The van der Waals surface area contributed by atoms with Crippen LogP contribution < -0.4 is 0 Å². The van der Waals surface area contributed by atoms with Crippen LogP contribution in [0.2, 0.25) is 10.2 Å². The maximum atomic E-state index is 12.7. The number of pyridine rings is 1. The molecule has 0 bridgehead atoms. The number of nitrogens with zero attached hydrogens (tertiary/aromatic N) is 4. The molecule has 0 aliphatic carbocycles. The number of hydrogen-bond acceptors (Lipinski definition) is 6. The van der Waals surface area contributed by atoms with E-state index in [1.807, 2.05) is 0 Å². The van der Waals surface area contributed by atoms with Crippen molar-refractivity contribution in [2.45, 2.75) is 0 Å². The lowest BCUT2D eigenvalue weighted by atomic mass is 10.3. The predicted octanol–water partition coefficient (Wildman–Crippen LogP) is 1.38. The molecule has 1 amide bonds. The molecule has 1 aliphatic heterocycles. The molecule has 3 rings (SSSR count). The van der Waals surface area contributed by atoms with Gasteiger partial charge in [-0.1, -0.05) is 23.2 Å². The van der Waals surface area contributed by atoms with E-state index in [-0.39, 0.29) is 46.3 Å². The van der Waals surface area contributed by atoms with E-state index >= 15 is 0 Å². The van der Waals surface area contributed by atoms with E-state index in [4.69, 9.17) is 28.0 Å². The minimum atomic E-state index is -3.23. The monoisotopic (exact) mass is 390 g/mol. The normalized spacial score (nSPS) is 17.5. The number of hydroxylamine groups is 2. The van der Waals surface area contributed by atoms with Crippen molar-refractivity contribution in [2.75, 3.05) is 24.7 Å². The lowest BCUT2D eigenvalue weighted by Gasteiger charge is -2.19. The Kier molecular flexibility index (Phi) is 4.77. The van der Waals surface area contributed by atoms with E-state index in [0.717, 1.165) is 5.06 Å². The average Bonchev–Trinajstić information content (AvgIpc) is 2.82. The summed E-state index contributed by atoms with van der Waals surface area (Å²) in [6.45, 7) is -0.180. The van der Waals surface area contributed by atoms with Gasteiger partial charge in [0.25, 0.3) is 5.91 Å². The van der Waals surface area contributed by atoms with Gasteiger partial charge in [-0.15, -0.1) is 0 Å². The highest BCUT2D eigenvalue weighted by Gasteiger charge is 2.28. The Balaban J connectivity index is 1.95. The Labute approximate surface area is 147 Å². The molecule has 0 radical (unpaired) electrons. The van der Waals surface area contributed by atoms with Gasteiger partial charge in [-0.25, -0.2) is 23.1 Å². The number of carbonyl (C=O) groups is 1. The van der Waals surface area contributed by atoms with Crippen LogP contribution in [0.4, 0.5) is 0 Å². The first-order chi connectivity index (χ1) is 11.4. The van der Waals surface area contributed by atoms with Crippen molar-refractivity contribution in [1.29, 1.82) is 0 Å². The van der Waals surface area contributed by atoms with E-state index in [1.54, 1.807) is 12.1 Å². The fraction of sp³-hybridized carbons (Fsp3) is 0.308. The van der Waals surface area contributed by atoms with Crippen LogP contribution in [-0.4, -0.2) is 58.8 Å². The molecular weight excluding hydrogens is 379 g/mol. The first-order valence-corrected chi connectivity index (χ1v) is 9.47. The van der Waals surface area contributed by atoms with Gasteiger partial charge in [-0.3, -0.25) is 9.63 Å². The first kappa shape index (κ1) is 17.2. The van der Waals surface area contributed by atoms with Crippen molar-refractivity contribution in [2.24, 2.45) is 0 Å². The second kappa shape index (κ2) is 6.67. The van der Waals surface area contributed by atoms with Gasteiger partial charge < -0.3 is 0 Å². The zero-order valence-electron chi connectivity index (χ0n) is 12.2. The zero-order chi connectivity index (χ0) is 17.3. The fourth-order valence-corrected chi connectivity index (χ4v) is 3.51. The second-order valence-corrected chi connectivity index (χ2v) is 8.06. The molecule has 1 aliphatic rings. The zero-order valence-corrected chi connectivity index (χ0v) is 14.6. The smallest absolute Gasteiger partial charge is 0.270 e. The molecule has 0 spiro atoms. The first-order valence-electron chi connectivity index (χ1n) is 6.89. The number of hydrogen-bond donors (Lipinski definition) is 0. The summed E-state index contributed by atoms with van der Waals surface area (Å²) >= 11 is 12.0. The van der Waals surface area contributed by atoms with E-state index in [0.29, 0.717) is 0 Å². The van der Waals surface area contributed by atoms with Crippen molar-refractivity contribution in [3.63, 3.8) is 0 Å². The van der Waals surface area contributed by atoms with Gasteiger partial charge in [0.15, 0.2) is 20.8 Å². The highest BCUT2D eigenvalue weighted by molar-refractivity contribution is 7.91. The van der Waals surface area contributed by atoms with Crippen LogP contribution >= 0.6 is 23.2 Å². The van der Waals surface area contributed by atoms with Crippen molar-refractivity contribution in [3.8, 4) is 5.82 Å². The number of aromatic nitrogens is 3. The lowest BCUT2D eigenvalue weighted by molar-refractivity contribution is -0.112. The van der Waals surface area contributed by atoms with E-state index in [9.17, 15) is 13.2 Å². The fourth-order valence-electron chi connectivity index (χ4n) is 2.15. The summed E-state index contributed by atoms with van der Waals surface area (Å²) in [6, 6.07) is 4.58. The molecule has 0 aromatic carbocycles. The highest BCUT2D eigenvalue weighted by atomic mass is 35.5. The van der Waals surface area contributed by atoms with Crippen molar-refractivity contribution in [1.82, 2.24) is 19.8 Å². The second-order valence-electron chi connectivity index (χ2n) is 4.97. The molecular formula is C13H12Cl2N4O4S. The van der Waals surface area contributed by atoms with Crippen molar-refractivity contribution < 1.29 is 18.0 Å². The minimum absolute atomic E-state index is 0.0693. The standard InChI is InChI=1S/C13H12Cl2N4O4S/c14-9-2-1-3-16-12(9)19-10(8-11(15)17-19)13(20)18-4-6-24(21,22)7-5-23-18/h1-3,8H,4-7H2. The lowest BCUT2D eigenvalue weighted by Crippen LogP contribution is -2.34. The molecule has 11 heteroatoms. The van der Waals surface area contributed by atoms with Crippen LogP contribution in [0.3, 0.4) is 0 Å². The van der Waals surface area contributed by atoms with Crippen molar-refractivity contribution >= 4 is 38.9 Å². The third-order valence-corrected chi connectivity index (χ3v) is 5.38. The summed E-state index contributed by atoms with van der Waals surface area (Å²) in [5, 5.41) is 5.37. The Hall–Kier alpha value is -1.68. The molecule has 3 heterocycles. The Bertz CT molecular complexity index is 884. The number of rotatable bonds is 2. The third-order valence-electron chi connectivity index (χ3n) is 3.31. The summed E-state index contributed by atoms with van der Waals surface area (Å²) in [4.78, 5) is 22.0. The van der Waals surface area contributed by atoms with Gasteiger partial charge >= 0.3 is 0 Å². The summed E-state index contributed by atoms with van der Waals surface area (Å²) in [7, 11) is -3.23. The SMILES string of the molecule is O=C(c1cc(Cl)nn1-c1ncccc1Cl)N1CCS(=O)(=O)CCO1. The third kappa shape index (κ3) is 3.54. The van der Waals surface area contributed by atoms with Crippen LogP contribution in [-0.2, 0) is 14.7 Å². The molecule has 2 aromatic rings. The highest BCUT2D eigenvalue weighted by Crippen LogP contribution is 2.22. The van der Waals surface area contributed by atoms with E-state index in [1.165, 1.54) is 16.9 Å². The molecule has 2 aromatic heterocycles. The number of carbonyl (C=O) groups excluding carboxylic acids is 1. The maximum absolute atomic E-state index is 12.7. The Morgan fingerprint density at radius 2 is 2.08 bits per heavy atom. The molecule has 24 heavy (non-hydrogen) atoms. The number of amides is 1. The summed E-state index contributed by atoms with van der Waals surface area (Å²) in [5.74, 6) is -0.654. The predicted molar refractivity (Wildman–Crippen MR) is 87.0 cm³/mol. The van der Waals surface area contributed by atoms with Crippen LogP contribution in [0.15, 0.2) is 24.4 Å². The minimum Gasteiger partial charge on any atom is -0.270 e. The van der Waals surface area contributed by atoms with Gasteiger partial charge in [0, 0.05) is 12.3 Å². The van der Waals surface area contributed by atoms with Crippen molar-refractivity contribution in [3.05, 3.63) is 40.3 Å². The molecule has 1 saturated heterocycles. The molecule has 8 nitrogen and oxygen atoms in total. The van der Waals surface area contributed by atoms with E-state index < -0.39 is 15.7 Å². The van der Waals surface area contributed by atoms with Gasteiger partial charge in [0.05, 0.1) is 29.7 Å². The Morgan fingerprint density at radius 1 is 1.29 bits per heavy atom. The average molecular weight is 391 g/mol. The quantitative estimate of drug-likeness (QED) is 0.768. The van der Waals surface area contributed by atoms with Crippen LogP contribution in [0.1, 0.15) is 10.5 Å². The van der Waals surface area contributed by atoms with Gasteiger partial charge in [-0.2, -0.15) is 5.10 Å². The molecule has 0 N–H and O–H groups in total.